The van der Waals surface area contributed by atoms with Crippen molar-refractivity contribution in [3.8, 4) is 0 Å². The fourth-order valence-electron chi connectivity index (χ4n) is 1.71. The highest BCUT2D eigenvalue weighted by atomic mass is 127. The van der Waals surface area contributed by atoms with Gasteiger partial charge >= 0.3 is 0 Å². The number of nitrogens with one attached hydrogen (secondary N) is 1. The van der Waals surface area contributed by atoms with Crippen molar-refractivity contribution in [2.75, 3.05) is 0 Å². The Hall–Kier alpha value is 0.220. The molecule has 1 heterocycles. The molecule has 1 nitrogen and oxygen atoms in total. The molecule has 0 unspecified atom stereocenters. The number of halogens is 2. The number of aryl methyl sites for hydroxylation is 1. The maximum absolute atomic E-state index is 3.40. The van der Waals surface area contributed by atoms with Gasteiger partial charge < -0.3 is 4.98 Å². The molecular formula is C11H11I2N. The Kier molecular flexibility index (Phi) is 3.36. The second-order valence-corrected chi connectivity index (χ2v) is 4.96. The summed E-state index contributed by atoms with van der Waals surface area (Å²) >= 11 is 4.84. The van der Waals surface area contributed by atoms with Gasteiger partial charge in [0.05, 0.1) is 0 Å². The van der Waals surface area contributed by atoms with E-state index >= 15 is 0 Å². The number of benzene rings is 1. The first-order chi connectivity index (χ1) is 6.74. The largest absolute Gasteiger partial charge is 0.359 e. The Morgan fingerprint density at radius 3 is 2.57 bits per heavy atom. The molecule has 0 bridgehead atoms. The van der Waals surface area contributed by atoms with Gasteiger partial charge in [0.25, 0.3) is 0 Å². The predicted octanol–water partition coefficient (Wildman–Crippen LogP) is 4.35. The first-order valence-corrected chi connectivity index (χ1v) is 7.52. The molecule has 0 aliphatic carbocycles. The first kappa shape index (κ1) is 10.7. The highest BCUT2D eigenvalue weighted by molar-refractivity contribution is 14.1. The Balaban J connectivity index is 2.72. The normalized spacial score (nSPS) is 11.1. The van der Waals surface area contributed by atoms with Gasteiger partial charge in [-0.2, -0.15) is 0 Å². The summed E-state index contributed by atoms with van der Waals surface area (Å²) in [4.78, 5) is 3.40. The highest BCUT2D eigenvalue weighted by Crippen LogP contribution is 2.25. The van der Waals surface area contributed by atoms with Crippen molar-refractivity contribution in [1.82, 2.24) is 4.98 Å². The van der Waals surface area contributed by atoms with Gasteiger partial charge in [0.1, 0.15) is 0 Å². The third-order valence-corrected chi connectivity index (χ3v) is 4.02. The molecule has 1 aromatic heterocycles. The summed E-state index contributed by atoms with van der Waals surface area (Å²) in [5.74, 6) is 0. The fourth-order valence-corrected chi connectivity index (χ4v) is 2.78. The van der Waals surface area contributed by atoms with Gasteiger partial charge in [-0.15, -0.1) is 0 Å². The molecule has 0 aliphatic rings. The lowest BCUT2D eigenvalue weighted by Gasteiger charge is -2.02. The molecule has 0 amide bonds. The van der Waals surface area contributed by atoms with Crippen LogP contribution in [0.2, 0.25) is 0 Å². The first-order valence-electron chi connectivity index (χ1n) is 4.47. The monoisotopic (exact) mass is 411 g/mol. The topological polar surface area (TPSA) is 15.8 Å². The minimum absolute atomic E-state index is 1.08. The van der Waals surface area contributed by atoms with E-state index in [9.17, 15) is 0 Å². The van der Waals surface area contributed by atoms with E-state index in [1.54, 1.807) is 0 Å². The van der Waals surface area contributed by atoms with Crippen LogP contribution in [-0.2, 0) is 8.86 Å². The van der Waals surface area contributed by atoms with Crippen LogP contribution in [0.4, 0.5) is 0 Å². The molecule has 0 fully saturated rings. The molecule has 1 aromatic carbocycles. The molecule has 2 rings (SSSR count). The minimum Gasteiger partial charge on any atom is -0.359 e. The average molecular weight is 411 g/mol. The summed E-state index contributed by atoms with van der Waals surface area (Å²) in [6.07, 6.45) is 0. The van der Waals surface area contributed by atoms with Crippen LogP contribution in [0.3, 0.4) is 0 Å². The van der Waals surface area contributed by atoms with Gasteiger partial charge in [-0.05, 0) is 30.2 Å². The van der Waals surface area contributed by atoms with Crippen LogP contribution >= 0.6 is 45.2 Å². The van der Waals surface area contributed by atoms with Crippen LogP contribution in [0.1, 0.15) is 16.8 Å². The van der Waals surface area contributed by atoms with E-state index in [0.29, 0.717) is 0 Å². The van der Waals surface area contributed by atoms with Crippen molar-refractivity contribution in [2.45, 2.75) is 15.8 Å². The third kappa shape index (κ3) is 1.93. The van der Waals surface area contributed by atoms with Crippen LogP contribution in [0.15, 0.2) is 18.2 Å². The smallest absolute Gasteiger partial charge is 0.0462 e. The molecule has 0 spiro atoms. The number of aromatic nitrogens is 1. The quantitative estimate of drug-likeness (QED) is 0.559. The Bertz CT molecular complexity index is 460. The zero-order chi connectivity index (χ0) is 10.1. The number of hydrogen-bond acceptors (Lipinski definition) is 0. The Morgan fingerprint density at radius 1 is 1.14 bits per heavy atom. The Labute approximate surface area is 111 Å². The van der Waals surface area contributed by atoms with Gasteiger partial charge in [0, 0.05) is 25.5 Å². The number of aromatic amines is 1. The maximum Gasteiger partial charge on any atom is 0.0462 e. The molecule has 14 heavy (non-hydrogen) atoms. The summed E-state index contributed by atoms with van der Waals surface area (Å²) in [6.45, 7) is 2.11. The second-order valence-electron chi connectivity index (χ2n) is 3.44. The summed E-state index contributed by atoms with van der Waals surface area (Å²) in [7, 11) is 0. The van der Waals surface area contributed by atoms with E-state index in [1.165, 1.54) is 27.7 Å². The number of fused-ring (bicyclic) bond motifs is 1. The minimum atomic E-state index is 1.08. The van der Waals surface area contributed by atoms with E-state index in [1.807, 2.05) is 0 Å². The van der Waals surface area contributed by atoms with Crippen molar-refractivity contribution in [3.63, 3.8) is 0 Å². The van der Waals surface area contributed by atoms with Gasteiger partial charge in [-0.1, -0.05) is 51.2 Å². The molecule has 0 aliphatic heterocycles. The van der Waals surface area contributed by atoms with Crippen LogP contribution in [0.25, 0.3) is 10.9 Å². The number of hydrogen-bond donors (Lipinski definition) is 1. The molecule has 0 saturated carbocycles. The van der Waals surface area contributed by atoms with E-state index in [2.05, 4.69) is 75.3 Å². The molecule has 3 heteroatoms. The van der Waals surface area contributed by atoms with E-state index in [-0.39, 0.29) is 0 Å². The molecule has 2 aromatic rings. The molecule has 0 radical (unpaired) electrons. The second kappa shape index (κ2) is 4.38. The Morgan fingerprint density at radius 2 is 1.93 bits per heavy atom. The summed E-state index contributed by atoms with van der Waals surface area (Å²) in [6, 6.07) is 6.80. The van der Waals surface area contributed by atoms with Crippen LogP contribution in [0.5, 0.6) is 0 Å². The van der Waals surface area contributed by atoms with Gasteiger partial charge in [0.15, 0.2) is 0 Å². The summed E-state index contributed by atoms with van der Waals surface area (Å²) < 4.78 is 2.16. The number of alkyl halides is 2. The molecule has 0 atom stereocenters. The summed E-state index contributed by atoms with van der Waals surface area (Å²) in [5.41, 5.74) is 5.38. The van der Waals surface area contributed by atoms with Gasteiger partial charge in [-0.25, -0.2) is 0 Å². The standard InChI is InChI=1S/C11H11I2N/c1-7-2-10-9(6-13)3-8(5-12)4-11(10)14-7/h2-4,14H,5-6H2,1H3. The molecule has 0 saturated heterocycles. The lowest BCUT2D eigenvalue weighted by atomic mass is 10.1. The number of rotatable bonds is 2. The number of H-pyrrole nitrogens is 1. The highest BCUT2D eigenvalue weighted by Gasteiger charge is 2.04. The molecular weight excluding hydrogens is 400 g/mol. The van der Waals surface area contributed by atoms with Crippen molar-refractivity contribution < 1.29 is 0 Å². The maximum atomic E-state index is 3.40. The van der Waals surface area contributed by atoms with Gasteiger partial charge in [-0.3, -0.25) is 0 Å². The van der Waals surface area contributed by atoms with Crippen molar-refractivity contribution >= 4 is 56.1 Å². The van der Waals surface area contributed by atoms with E-state index in [0.717, 1.165) is 8.86 Å². The van der Waals surface area contributed by atoms with Crippen LogP contribution < -0.4 is 0 Å². The van der Waals surface area contributed by atoms with Crippen molar-refractivity contribution in [2.24, 2.45) is 0 Å². The zero-order valence-electron chi connectivity index (χ0n) is 7.90. The summed E-state index contributed by atoms with van der Waals surface area (Å²) in [5, 5.41) is 1.38. The van der Waals surface area contributed by atoms with Crippen molar-refractivity contribution in [3.05, 3.63) is 35.0 Å². The lowest BCUT2D eigenvalue weighted by Crippen LogP contribution is -1.84. The SMILES string of the molecule is Cc1cc2c(CI)cc(CI)cc2[nH]1. The van der Waals surface area contributed by atoms with E-state index < -0.39 is 0 Å². The third-order valence-electron chi connectivity index (χ3n) is 2.32. The molecule has 1 N–H and O–H groups in total. The lowest BCUT2D eigenvalue weighted by molar-refractivity contribution is 1.30. The van der Waals surface area contributed by atoms with Crippen LogP contribution in [-0.4, -0.2) is 4.98 Å². The van der Waals surface area contributed by atoms with Crippen molar-refractivity contribution in [1.29, 1.82) is 0 Å². The molecule has 74 valence electrons. The fraction of sp³-hybridized carbons (Fsp3) is 0.273. The van der Waals surface area contributed by atoms with E-state index in [4.69, 9.17) is 0 Å². The van der Waals surface area contributed by atoms with Crippen LogP contribution in [0, 0.1) is 6.92 Å². The predicted molar refractivity (Wildman–Crippen MR) is 78.5 cm³/mol. The average Bonchev–Trinajstić information content (AvgIpc) is 2.56. The zero-order valence-corrected chi connectivity index (χ0v) is 12.2. The van der Waals surface area contributed by atoms with Gasteiger partial charge in [0.2, 0.25) is 0 Å².